The zero-order chi connectivity index (χ0) is 12.7. The lowest BCUT2D eigenvalue weighted by Crippen LogP contribution is -2.33. The number of carbonyl (C=O) groups is 1. The van der Waals surface area contributed by atoms with E-state index in [4.69, 9.17) is 9.84 Å². The van der Waals surface area contributed by atoms with Gasteiger partial charge in [-0.15, -0.1) is 0 Å². The molecule has 4 nitrogen and oxygen atoms in total. The summed E-state index contributed by atoms with van der Waals surface area (Å²) in [5.74, 6) is 0.558. The average molecular weight is 235 g/mol. The fourth-order valence-corrected chi connectivity index (χ4v) is 1.22. The molecule has 0 heterocycles. The van der Waals surface area contributed by atoms with Crippen molar-refractivity contribution >= 4 is 12.0 Å². The summed E-state index contributed by atoms with van der Waals surface area (Å²) in [5.41, 5.74) is 0.914. The molecule has 0 saturated carbocycles. The summed E-state index contributed by atoms with van der Waals surface area (Å²) in [6.45, 7) is 1.67. The Bertz CT molecular complexity index is 384. The lowest BCUT2D eigenvalue weighted by atomic mass is 10.2. The number of methoxy groups -OCH3 is 1. The van der Waals surface area contributed by atoms with Crippen LogP contribution in [-0.2, 0) is 4.79 Å². The van der Waals surface area contributed by atoms with Gasteiger partial charge in [0.05, 0.1) is 13.7 Å². The molecule has 0 radical (unpaired) electrons. The van der Waals surface area contributed by atoms with Crippen LogP contribution in [-0.4, -0.2) is 30.8 Å². The maximum absolute atomic E-state index is 11.4. The van der Waals surface area contributed by atoms with Crippen LogP contribution in [0.4, 0.5) is 0 Å². The number of hydrogen-bond donors (Lipinski definition) is 2. The summed E-state index contributed by atoms with van der Waals surface area (Å²) in [4.78, 5) is 11.4. The average Bonchev–Trinajstić information content (AvgIpc) is 2.36. The van der Waals surface area contributed by atoms with Crippen LogP contribution >= 0.6 is 0 Å². The Labute approximate surface area is 101 Å². The van der Waals surface area contributed by atoms with Gasteiger partial charge in [0.1, 0.15) is 5.75 Å². The Balaban J connectivity index is 2.54. The number of amides is 1. The predicted octanol–water partition coefficient (Wildman–Crippen LogP) is 1.21. The molecule has 0 spiro atoms. The van der Waals surface area contributed by atoms with E-state index in [1.54, 1.807) is 20.1 Å². The van der Waals surface area contributed by atoms with Gasteiger partial charge >= 0.3 is 0 Å². The van der Waals surface area contributed by atoms with Gasteiger partial charge in [-0.2, -0.15) is 0 Å². The molecule has 1 atom stereocenters. The molecule has 17 heavy (non-hydrogen) atoms. The maximum atomic E-state index is 11.4. The van der Waals surface area contributed by atoms with Crippen LogP contribution < -0.4 is 10.1 Å². The molecule has 1 rings (SSSR count). The first-order valence-corrected chi connectivity index (χ1v) is 5.39. The Morgan fingerprint density at radius 3 is 2.65 bits per heavy atom. The van der Waals surface area contributed by atoms with Gasteiger partial charge in [-0.05, 0) is 30.7 Å². The van der Waals surface area contributed by atoms with Crippen molar-refractivity contribution in [3.63, 3.8) is 0 Å². The first kappa shape index (κ1) is 13.3. The van der Waals surface area contributed by atoms with Crippen molar-refractivity contribution in [2.24, 2.45) is 0 Å². The van der Waals surface area contributed by atoms with Crippen molar-refractivity contribution in [3.8, 4) is 5.75 Å². The van der Waals surface area contributed by atoms with E-state index in [0.717, 1.165) is 11.3 Å². The quantitative estimate of drug-likeness (QED) is 0.754. The number of aliphatic hydroxyl groups is 1. The van der Waals surface area contributed by atoms with E-state index >= 15 is 0 Å². The highest BCUT2D eigenvalue weighted by Crippen LogP contribution is 2.12. The van der Waals surface area contributed by atoms with Crippen LogP contribution in [0.25, 0.3) is 6.08 Å². The van der Waals surface area contributed by atoms with Gasteiger partial charge < -0.3 is 15.2 Å². The zero-order valence-electron chi connectivity index (χ0n) is 10.0. The summed E-state index contributed by atoms with van der Waals surface area (Å²) in [7, 11) is 1.61. The van der Waals surface area contributed by atoms with Crippen LogP contribution in [0.5, 0.6) is 5.75 Å². The van der Waals surface area contributed by atoms with Crippen molar-refractivity contribution < 1.29 is 14.6 Å². The SMILES string of the molecule is COc1ccc(/C=C/C(=O)N[C@@H](C)CO)cc1. The molecule has 0 unspecified atom stereocenters. The minimum atomic E-state index is -0.233. The highest BCUT2D eigenvalue weighted by molar-refractivity contribution is 5.91. The van der Waals surface area contributed by atoms with Gasteiger partial charge in [0.2, 0.25) is 5.91 Å². The second-order valence-electron chi connectivity index (χ2n) is 3.70. The molecule has 0 saturated heterocycles. The molecule has 1 aromatic carbocycles. The predicted molar refractivity (Wildman–Crippen MR) is 66.7 cm³/mol. The standard InChI is InChI=1S/C13H17NO3/c1-10(9-15)14-13(16)8-5-11-3-6-12(17-2)7-4-11/h3-8,10,15H,9H2,1-2H3,(H,14,16)/b8-5+/t10-/m0/s1. The van der Waals surface area contributed by atoms with E-state index in [1.807, 2.05) is 24.3 Å². The second kappa shape index (κ2) is 6.70. The Morgan fingerprint density at radius 2 is 2.12 bits per heavy atom. The Kier molecular flexibility index (Phi) is 5.23. The van der Waals surface area contributed by atoms with Gasteiger partial charge in [-0.3, -0.25) is 4.79 Å². The minimum absolute atomic E-state index is 0.0673. The first-order valence-electron chi connectivity index (χ1n) is 5.39. The number of nitrogens with one attached hydrogen (secondary N) is 1. The maximum Gasteiger partial charge on any atom is 0.244 e. The highest BCUT2D eigenvalue weighted by atomic mass is 16.5. The third-order valence-electron chi connectivity index (χ3n) is 2.21. The Morgan fingerprint density at radius 1 is 1.47 bits per heavy atom. The van der Waals surface area contributed by atoms with E-state index in [1.165, 1.54) is 6.08 Å². The summed E-state index contributed by atoms with van der Waals surface area (Å²) < 4.78 is 5.03. The summed E-state index contributed by atoms with van der Waals surface area (Å²) in [6, 6.07) is 7.14. The molecule has 0 aromatic heterocycles. The highest BCUT2D eigenvalue weighted by Gasteiger charge is 2.01. The fraction of sp³-hybridized carbons (Fsp3) is 0.308. The number of rotatable bonds is 5. The minimum Gasteiger partial charge on any atom is -0.497 e. The summed E-state index contributed by atoms with van der Waals surface area (Å²) in [5, 5.41) is 11.4. The van der Waals surface area contributed by atoms with Crippen molar-refractivity contribution in [2.45, 2.75) is 13.0 Å². The molecule has 4 heteroatoms. The van der Waals surface area contributed by atoms with Crippen LogP contribution in [0.2, 0.25) is 0 Å². The normalized spacial score (nSPS) is 12.4. The van der Waals surface area contributed by atoms with Crippen molar-refractivity contribution in [2.75, 3.05) is 13.7 Å². The molecule has 0 fully saturated rings. The third-order valence-corrected chi connectivity index (χ3v) is 2.21. The molecule has 0 aliphatic heterocycles. The number of hydrogen-bond acceptors (Lipinski definition) is 3. The molecule has 0 bridgehead atoms. The number of aliphatic hydroxyl groups excluding tert-OH is 1. The molecule has 1 amide bonds. The van der Waals surface area contributed by atoms with Crippen molar-refractivity contribution in [1.29, 1.82) is 0 Å². The zero-order valence-corrected chi connectivity index (χ0v) is 10.0. The number of benzene rings is 1. The van der Waals surface area contributed by atoms with E-state index < -0.39 is 0 Å². The van der Waals surface area contributed by atoms with Crippen molar-refractivity contribution in [3.05, 3.63) is 35.9 Å². The number of ether oxygens (including phenoxy) is 1. The summed E-state index contributed by atoms with van der Waals surface area (Å²) in [6.07, 6.45) is 3.15. The topological polar surface area (TPSA) is 58.6 Å². The molecule has 0 aliphatic rings. The smallest absolute Gasteiger partial charge is 0.244 e. The van der Waals surface area contributed by atoms with Gasteiger partial charge in [-0.1, -0.05) is 12.1 Å². The molecule has 1 aromatic rings. The van der Waals surface area contributed by atoms with E-state index in [0.29, 0.717) is 0 Å². The molecular weight excluding hydrogens is 218 g/mol. The third kappa shape index (κ3) is 4.70. The van der Waals surface area contributed by atoms with Crippen LogP contribution in [0.1, 0.15) is 12.5 Å². The van der Waals surface area contributed by atoms with E-state index in [2.05, 4.69) is 5.32 Å². The fourth-order valence-electron chi connectivity index (χ4n) is 1.22. The van der Waals surface area contributed by atoms with Crippen LogP contribution in [0.3, 0.4) is 0 Å². The molecule has 92 valence electrons. The monoisotopic (exact) mass is 235 g/mol. The molecule has 0 aliphatic carbocycles. The number of carbonyl (C=O) groups excluding carboxylic acids is 1. The van der Waals surface area contributed by atoms with Gasteiger partial charge in [0, 0.05) is 12.1 Å². The molecular formula is C13H17NO3. The molecule has 2 N–H and O–H groups in total. The van der Waals surface area contributed by atoms with Gasteiger partial charge in [0.25, 0.3) is 0 Å². The Hall–Kier alpha value is -1.81. The largest absolute Gasteiger partial charge is 0.497 e. The van der Waals surface area contributed by atoms with E-state index in [9.17, 15) is 4.79 Å². The first-order chi connectivity index (χ1) is 8.15. The van der Waals surface area contributed by atoms with E-state index in [-0.39, 0.29) is 18.6 Å². The lowest BCUT2D eigenvalue weighted by molar-refractivity contribution is -0.117. The van der Waals surface area contributed by atoms with Crippen LogP contribution in [0, 0.1) is 0 Å². The second-order valence-corrected chi connectivity index (χ2v) is 3.70. The van der Waals surface area contributed by atoms with Gasteiger partial charge in [0.15, 0.2) is 0 Å². The lowest BCUT2D eigenvalue weighted by Gasteiger charge is -2.07. The summed E-state index contributed by atoms with van der Waals surface area (Å²) >= 11 is 0. The van der Waals surface area contributed by atoms with Crippen molar-refractivity contribution in [1.82, 2.24) is 5.32 Å². The van der Waals surface area contributed by atoms with Gasteiger partial charge in [-0.25, -0.2) is 0 Å². The van der Waals surface area contributed by atoms with Crippen LogP contribution in [0.15, 0.2) is 30.3 Å².